The van der Waals surface area contributed by atoms with E-state index in [1.54, 1.807) is 4.90 Å². The predicted molar refractivity (Wildman–Crippen MR) is 117 cm³/mol. The predicted octanol–water partition coefficient (Wildman–Crippen LogP) is 1.73. The highest BCUT2D eigenvalue weighted by Crippen LogP contribution is 2.30. The number of carbonyl (C=O) groups excluding carboxylic acids is 1. The van der Waals surface area contributed by atoms with Crippen molar-refractivity contribution in [2.75, 3.05) is 45.5 Å². The molecular formula is C19H31Cl2N3O3S. The molecule has 3 rings (SSSR count). The molecule has 2 saturated heterocycles. The van der Waals surface area contributed by atoms with E-state index in [2.05, 4.69) is 22.3 Å². The van der Waals surface area contributed by atoms with Crippen molar-refractivity contribution in [1.82, 2.24) is 15.1 Å². The number of amides is 1. The molecule has 9 heteroatoms. The van der Waals surface area contributed by atoms with Gasteiger partial charge in [-0.05, 0) is 37.9 Å². The quantitative estimate of drug-likeness (QED) is 0.754. The SMILES string of the molecule is CS(=O)(=O)C1(C(=O)N2CCCN(Cc3ccccc3)CC2)CCNCC1.Cl.Cl. The number of hydrogen-bond acceptors (Lipinski definition) is 5. The number of piperidine rings is 1. The zero-order valence-electron chi connectivity index (χ0n) is 16.3. The summed E-state index contributed by atoms with van der Waals surface area (Å²) in [5, 5.41) is 3.17. The fraction of sp³-hybridized carbons (Fsp3) is 0.632. The van der Waals surface area contributed by atoms with E-state index in [0.29, 0.717) is 39.0 Å². The minimum absolute atomic E-state index is 0. The largest absolute Gasteiger partial charge is 0.340 e. The summed E-state index contributed by atoms with van der Waals surface area (Å²) in [7, 11) is -3.45. The number of sulfone groups is 1. The first-order valence-corrected chi connectivity index (χ1v) is 11.3. The standard InChI is InChI=1S/C19H29N3O3S.2ClH/c1-26(24,25)19(8-10-20-11-9-19)18(23)22-13-5-12-21(14-15-22)16-17-6-3-2-4-7-17;;/h2-4,6-7,20H,5,8-16H2,1H3;2*1H. The second kappa shape index (κ2) is 10.8. The maximum atomic E-state index is 13.2. The van der Waals surface area contributed by atoms with Crippen molar-refractivity contribution in [1.29, 1.82) is 0 Å². The molecule has 1 amide bonds. The van der Waals surface area contributed by atoms with Gasteiger partial charge in [-0.1, -0.05) is 30.3 Å². The molecule has 0 spiro atoms. The Morgan fingerprint density at radius 2 is 1.68 bits per heavy atom. The van der Waals surface area contributed by atoms with Gasteiger partial charge >= 0.3 is 0 Å². The summed E-state index contributed by atoms with van der Waals surface area (Å²) in [6.45, 7) is 4.94. The summed E-state index contributed by atoms with van der Waals surface area (Å²) in [5.41, 5.74) is 1.26. The number of nitrogens with zero attached hydrogens (tertiary/aromatic N) is 2. The zero-order chi connectivity index (χ0) is 18.6. The lowest BCUT2D eigenvalue weighted by molar-refractivity contribution is -0.134. The van der Waals surface area contributed by atoms with E-state index in [4.69, 9.17) is 0 Å². The summed E-state index contributed by atoms with van der Waals surface area (Å²) >= 11 is 0. The Morgan fingerprint density at radius 3 is 2.29 bits per heavy atom. The summed E-state index contributed by atoms with van der Waals surface area (Å²) < 4.78 is 23.8. The molecule has 2 heterocycles. The van der Waals surface area contributed by atoms with Gasteiger partial charge in [0.2, 0.25) is 5.91 Å². The average molecular weight is 452 g/mol. The van der Waals surface area contributed by atoms with Gasteiger partial charge in [0.05, 0.1) is 0 Å². The first-order valence-electron chi connectivity index (χ1n) is 9.38. The van der Waals surface area contributed by atoms with E-state index in [1.165, 1.54) is 11.8 Å². The number of carbonyl (C=O) groups is 1. The van der Waals surface area contributed by atoms with Crippen LogP contribution in [0.15, 0.2) is 30.3 Å². The number of halogens is 2. The molecule has 1 aromatic rings. The van der Waals surface area contributed by atoms with Gasteiger partial charge in [-0.15, -0.1) is 24.8 Å². The van der Waals surface area contributed by atoms with Gasteiger partial charge in [0, 0.05) is 39.0 Å². The van der Waals surface area contributed by atoms with E-state index >= 15 is 0 Å². The molecule has 0 atom stereocenters. The summed E-state index contributed by atoms with van der Waals surface area (Å²) in [6.07, 6.45) is 2.83. The minimum atomic E-state index is -3.45. The second-order valence-electron chi connectivity index (χ2n) is 7.42. The molecule has 2 aliphatic rings. The second-order valence-corrected chi connectivity index (χ2v) is 9.75. The smallest absolute Gasteiger partial charge is 0.244 e. The van der Waals surface area contributed by atoms with Crippen molar-refractivity contribution >= 4 is 40.6 Å². The molecule has 0 aromatic heterocycles. The molecule has 0 bridgehead atoms. The molecule has 0 unspecified atom stereocenters. The van der Waals surface area contributed by atoms with Gasteiger partial charge in [-0.25, -0.2) is 8.42 Å². The molecule has 28 heavy (non-hydrogen) atoms. The minimum Gasteiger partial charge on any atom is -0.340 e. The number of rotatable bonds is 4. The van der Waals surface area contributed by atoms with Crippen LogP contribution in [0.2, 0.25) is 0 Å². The van der Waals surface area contributed by atoms with Crippen LogP contribution in [0.5, 0.6) is 0 Å². The van der Waals surface area contributed by atoms with Crippen molar-refractivity contribution < 1.29 is 13.2 Å². The Labute approximate surface area is 180 Å². The van der Waals surface area contributed by atoms with Crippen LogP contribution in [0.4, 0.5) is 0 Å². The summed E-state index contributed by atoms with van der Waals surface area (Å²) in [4.78, 5) is 17.4. The third-order valence-corrected chi connectivity index (χ3v) is 7.64. The van der Waals surface area contributed by atoms with Crippen LogP contribution in [0.3, 0.4) is 0 Å². The molecule has 160 valence electrons. The van der Waals surface area contributed by atoms with E-state index in [1.807, 2.05) is 18.2 Å². The van der Waals surface area contributed by atoms with Gasteiger partial charge in [0.15, 0.2) is 14.6 Å². The van der Waals surface area contributed by atoms with E-state index < -0.39 is 14.6 Å². The lowest BCUT2D eigenvalue weighted by atomic mass is 9.95. The molecule has 1 N–H and O–H groups in total. The summed E-state index contributed by atoms with van der Waals surface area (Å²) in [6, 6.07) is 10.3. The molecule has 2 fully saturated rings. The maximum Gasteiger partial charge on any atom is 0.244 e. The van der Waals surface area contributed by atoms with Gasteiger partial charge in [-0.2, -0.15) is 0 Å². The van der Waals surface area contributed by atoms with Gasteiger partial charge < -0.3 is 10.2 Å². The van der Waals surface area contributed by atoms with E-state index in [9.17, 15) is 13.2 Å². The Balaban J connectivity index is 0.00000196. The Bertz CT molecular complexity index is 725. The first-order chi connectivity index (χ1) is 12.4. The number of benzene rings is 1. The Kier molecular flexibility index (Phi) is 9.70. The van der Waals surface area contributed by atoms with Crippen LogP contribution in [0.1, 0.15) is 24.8 Å². The van der Waals surface area contributed by atoms with Gasteiger partial charge in [0.1, 0.15) is 0 Å². The van der Waals surface area contributed by atoms with E-state index in [0.717, 1.165) is 26.1 Å². The third kappa shape index (κ3) is 5.60. The number of nitrogens with one attached hydrogen (secondary N) is 1. The third-order valence-electron chi connectivity index (χ3n) is 5.64. The molecule has 6 nitrogen and oxygen atoms in total. The highest BCUT2D eigenvalue weighted by atomic mass is 35.5. The summed E-state index contributed by atoms with van der Waals surface area (Å²) in [5.74, 6) is -0.192. The van der Waals surface area contributed by atoms with Crippen LogP contribution in [-0.2, 0) is 21.2 Å². The highest BCUT2D eigenvalue weighted by Gasteiger charge is 2.50. The fourth-order valence-electron chi connectivity index (χ4n) is 4.04. The molecule has 2 aliphatic heterocycles. The maximum absolute atomic E-state index is 13.2. The Hall–Kier alpha value is -0.860. The van der Waals surface area contributed by atoms with Crippen LogP contribution < -0.4 is 5.32 Å². The topological polar surface area (TPSA) is 69.7 Å². The van der Waals surface area contributed by atoms with Gasteiger partial charge in [-0.3, -0.25) is 9.69 Å². The van der Waals surface area contributed by atoms with Crippen molar-refractivity contribution in [3.63, 3.8) is 0 Å². The van der Waals surface area contributed by atoms with E-state index in [-0.39, 0.29) is 30.7 Å². The van der Waals surface area contributed by atoms with Crippen LogP contribution in [-0.4, -0.2) is 74.4 Å². The van der Waals surface area contributed by atoms with Crippen LogP contribution in [0, 0.1) is 0 Å². The molecule has 0 radical (unpaired) electrons. The zero-order valence-corrected chi connectivity index (χ0v) is 18.8. The fourth-order valence-corrected chi connectivity index (χ4v) is 5.43. The monoisotopic (exact) mass is 451 g/mol. The lowest BCUT2D eigenvalue weighted by Crippen LogP contribution is -2.58. The Morgan fingerprint density at radius 1 is 1.04 bits per heavy atom. The average Bonchev–Trinajstić information content (AvgIpc) is 2.87. The van der Waals surface area contributed by atoms with Crippen molar-refractivity contribution in [3.05, 3.63) is 35.9 Å². The molecule has 0 saturated carbocycles. The molecular weight excluding hydrogens is 421 g/mol. The normalized spacial score (nSPS) is 20.4. The van der Waals surface area contributed by atoms with Crippen LogP contribution >= 0.6 is 24.8 Å². The van der Waals surface area contributed by atoms with Crippen molar-refractivity contribution in [2.45, 2.75) is 30.6 Å². The molecule has 0 aliphatic carbocycles. The van der Waals surface area contributed by atoms with Crippen molar-refractivity contribution in [2.24, 2.45) is 0 Å². The highest BCUT2D eigenvalue weighted by molar-refractivity contribution is 7.92. The first kappa shape index (κ1) is 25.2. The van der Waals surface area contributed by atoms with Crippen molar-refractivity contribution in [3.8, 4) is 0 Å². The number of hydrogen-bond donors (Lipinski definition) is 1. The van der Waals surface area contributed by atoms with Gasteiger partial charge in [0.25, 0.3) is 0 Å². The van der Waals surface area contributed by atoms with Crippen LogP contribution in [0.25, 0.3) is 0 Å². The molecule has 1 aromatic carbocycles. The lowest BCUT2D eigenvalue weighted by Gasteiger charge is -2.38.